The number of aryl methyl sites for hydroxylation is 1. The minimum absolute atomic E-state index is 0.0203. The highest BCUT2D eigenvalue weighted by Gasteiger charge is 2.45. The number of anilines is 4. The zero-order valence-electron chi connectivity index (χ0n) is 29.1. The van der Waals surface area contributed by atoms with E-state index >= 15 is 0 Å². The fraction of sp³-hybridized carbons (Fsp3) is 0.222. The number of halogens is 4. The first-order valence-electron chi connectivity index (χ1n) is 16.7. The number of aliphatic carboxylic acids is 1. The molecule has 0 radical (unpaired) electrons. The lowest BCUT2D eigenvalue weighted by molar-refractivity contribution is -0.154. The number of rotatable bonds is 14. The van der Waals surface area contributed by atoms with Crippen molar-refractivity contribution in [2.24, 2.45) is 0 Å². The van der Waals surface area contributed by atoms with Crippen molar-refractivity contribution in [3.05, 3.63) is 99.3 Å². The molecule has 0 saturated heterocycles. The van der Waals surface area contributed by atoms with E-state index in [1.54, 1.807) is 36.4 Å². The molecule has 15 nitrogen and oxygen atoms in total. The Balaban J connectivity index is 1.06. The SMILES string of the molecule is Cc1nc(-c2cccc(NC(=O)C(=O)NC[C@H](NC(=O)c3ccc(Nc4nc(NC5(c6ccc(Cl)cc6)CC5)nc(OCC(F)(F)F)n4)cc3)C(=O)O)c2)cs1. The molecule has 20 heteroatoms. The van der Waals surface area contributed by atoms with Gasteiger partial charge in [0.2, 0.25) is 11.9 Å². The van der Waals surface area contributed by atoms with Crippen LogP contribution in [-0.4, -0.2) is 74.1 Å². The van der Waals surface area contributed by atoms with E-state index in [4.69, 9.17) is 16.3 Å². The van der Waals surface area contributed by atoms with Crippen LogP contribution in [0.4, 0.5) is 36.4 Å². The van der Waals surface area contributed by atoms with Crippen molar-refractivity contribution in [1.82, 2.24) is 30.6 Å². The Kier molecular flexibility index (Phi) is 11.6. The largest absolute Gasteiger partial charge is 0.480 e. The molecule has 1 fully saturated rings. The maximum absolute atomic E-state index is 13.0. The number of amides is 3. The van der Waals surface area contributed by atoms with Crippen molar-refractivity contribution in [3.8, 4) is 17.3 Å². The molecule has 0 spiro atoms. The van der Waals surface area contributed by atoms with E-state index in [9.17, 15) is 37.5 Å². The van der Waals surface area contributed by atoms with Crippen LogP contribution in [0.25, 0.3) is 11.3 Å². The second-order valence-corrected chi connectivity index (χ2v) is 13.9. The molecule has 6 rings (SSSR count). The number of aromatic nitrogens is 4. The smallest absolute Gasteiger partial charge is 0.422 e. The lowest BCUT2D eigenvalue weighted by atomic mass is 10.1. The third-order valence-corrected chi connectivity index (χ3v) is 9.22. The number of carbonyl (C=O) groups is 4. The molecule has 1 aliphatic rings. The summed E-state index contributed by atoms with van der Waals surface area (Å²) in [5, 5.41) is 25.9. The van der Waals surface area contributed by atoms with E-state index in [-0.39, 0.29) is 17.5 Å². The van der Waals surface area contributed by atoms with Crippen molar-refractivity contribution in [1.29, 1.82) is 0 Å². The average molecular weight is 810 g/mol. The average Bonchev–Trinajstić information content (AvgIpc) is 3.80. The first kappa shape index (κ1) is 39.4. The maximum atomic E-state index is 13.0. The van der Waals surface area contributed by atoms with Crippen LogP contribution >= 0.6 is 22.9 Å². The zero-order valence-corrected chi connectivity index (χ0v) is 30.7. The molecule has 0 bridgehead atoms. The molecular weight excluding hydrogens is 779 g/mol. The monoisotopic (exact) mass is 809 g/mol. The summed E-state index contributed by atoms with van der Waals surface area (Å²) in [5.74, 6) is -4.70. The van der Waals surface area contributed by atoms with Crippen LogP contribution in [0.3, 0.4) is 0 Å². The van der Waals surface area contributed by atoms with Gasteiger partial charge < -0.3 is 36.4 Å². The Morgan fingerprint density at radius 3 is 2.29 bits per heavy atom. The number of hydrogen-bond donors (Lipinski definition) is 6. The standard InChI is InChI=1S/C36H31ClF3N9O6S/c1-19-42-27(17-56-19)21-3-2-4-25(15-21)43-30(52)29(51)41-16-26(31(53)54)45-28(50)20-5-11-24(12-6-20)44-32-46-33(48-34(47-32)55-18-36(38,39)40)49-35(13-14-35)22-7-9-23(37)10-8-22/h2-12,15,17,26H,13-14,16,18H2,1H3,(H,41,51)(H,43,52)(H,45,50)(H,53,54)(H2,44,46,47,48,49)/t26-/m0/s1. The highest BCUT2D eigenvalue weighted by molar-refractivity contribution is 7.09. The fourth-order valence-corrected chi connectivity index (χ4v) is 6.01. The molecule has 2 heterocycles. The number of ether oxygens (including phenoxy) is 1. The maximum Gasteiger partial charge on any atom is 0.422 e. The van der Waals surface area contributed by atoms with Gasteiger partial charge >= 0.3 is 30.0 Å². The Hall–Kier alpha value is -6.34. The van der Waals surface area contributed by atoms with E-state index < -0.39 is 60.6 Å². The van der Waals surface area contributed by atoms with Crippen LogP contribution in [0.1, 0.15) is 33.8 Å². The molecule has 2 aromatic heterocycles. The number of benzene rings is 3. The molecule has 3 aromatic carbocycles. The van der Waals surface area contributed by atoms with Crippen molar-refractivity contribution in [2.75, 3.05) is 29.1 Å². The quantitative estimate of drug-likeness (QED) is 0.0749. The van der Waals surface area contributed by atoms with E-state index in [0.717, 1.165) is 16.1 Å². The lowest BCUT2D eigenvalue weighted by Crippen LogP contribution is -2.50. The van der Waals surface area contributed by atoms with Gasteiger partial charge in [0.15, 0.2) is 6.61 Å². The number of carboxylic acid groups (broad SMARTS) is 1. The van der Waals surface area contributed by atoms with E-state index in [0.29, 0.717) is 34.9 Å². The highest BCUT2D eigenvalue weighted by atomic mass is 35.5. The van der Waals surface area contributed by atoms with E-state index in [1.807, 2.05) is 24.4 Å². The molecule has 0 unspecified atom stereocenters. The summed E-state index contributed by atoms with van der Waals surface area (Å²) in [4.78, 5) is 66.6. The summed E-state index contributed by atoms with van der Waals surface area (Å²) >= 11 is 7.48. The van der Waals surface area contributed by atoms with Gasteiger partial charge in [-0.2, -0.15) is 28.1 Å². The minimum Gasteiger partial charge on any atom is -0.480 e. The van der Waals surface area contributed by atoms with Crippen LogP contribution in [0.15, 0.2) is 78.2 Å². The normalized spacial score (nSPS) is 13.5. The number of nitrogens with one attached hydrogen (secondary N) is 5. The van der Waals surface area contributed by atoms with E-state index in [2.05, 4.69) is 46.5 Å². The molecular formula is C36H31ClF3N9O6S. The van der Waals surface area contributed by atoms with Gasteiger partial charge in [0.1, 0.15) is 6.04 Å². The van der Waals surface area contributed by atoms with Gasteiger partial charge in [0, 0.05) is 39.4 Å². The Morgan fingerprint density at radius 1 is 0.929 bits per heavy atom. The minimum atomic E-state index is -4.65. The van der Waals surface area contributed by atoms with Crippen LogP contribution < -0.4 is 31.3 Å². The van der Waals surface area contributed by atoms with Crippen LogP contribution in [0, 0.1) is 6.92 Å². The van der Waals surface area contributed by atoms with Gasteiger partial charge in [0.05, 0.1) is 16.2 Å². The predicted molar refractivity (Wildman–Crippen MR) is 200 cm³/mol. The molecule has 1 aliphatic carbocycles. The fourth-order valence-electron chi connectivity index (χ4n) is 5.26. The first-order valence-corrected chi connectivity index (χ1v) is 17.9. The summed E-state index contributed by atoms with van der Waals surface area (Å²) < 4.78 is 43.7. The van der Waals surface area contributed by atoms with Crippen LogP contribution in [0.2, 0.25) is 5.02 Å². The third-order valence-electron chi connectivity index (χ3n) is 8.19. The van der Waals surface area contributed by atoms with Gasteiger partial charge in [-0.15, -0.1) is 11.3 Å². The molecule has 56 heavy (non-hydrogen) atoms. The van der Waals surface area contributed by atoms with Gasteiger partial charge in [-0.1, -0.05) is 35.9 Å². The van der Waals surface area contributed by atoms with Crippen LogP contribution in [0.5, 0.6) is 6.01 Å². The summed E-state index contributed by atoms with van der Waals surface area (Å²) in [6.45, 7) is -0.396. The number of alkyl halides is 3. The lowest BCUT2D eigenvalue weighted by Gasteiger charge is -2.19. The van der Waals surface area contributed by atoms with Gasteiger partial charge in [-0.25, -0.2) is 9.78 Å². The number of carbonyl (C=O) groups excluding carboxylic acids is 3. The van der Waals surface area contributed by atoms with Gasteiger partial charge in [-0.3, -0.25) is 14.4 Å². The highest BCUT2D eigenvalue weighted by Crippen LogP contribution is 2.48. The molecule has 1 atom stereocenters. The van der Waals surface area contributed by atoms with Crippen molar-refractivity contribution >= 4 is 69.9 Å². The zero-order chi connectivity index (χ0) is 40.0. The van der Waals surface area contributed by atoms with Crippen molar-refractivity contribution in [3.63, 3.8) is 0 Å². The van der Waals surface area contributed by atoms with Crippen molar-refractivity contribution < 1.29 is 42.2 Å². The summed E-state index contributed by atoms with van der Waals surface area (Å²) in [7, 11) is 0. The molecule has 290 valence electrons. The molecule has 5 aromatic rings. The first-order chi connectivity index (χ1) is 26.6. The third kappa shape index (κ3) is 10.4. The number of thiazole rings is 1. The summed E-state index contributed by atoms with van der Waals surface area (Å²) in [6, 6.07) is 17.1. The summed E-state index contributed by atoms with van der Waals surface area (Å²) in [5.41, 5.74) is 2.37. The molecule has 6 N–H and O–H groups in total. The number of carboxylic acids is 1. The van der Waals surface area contributed by atoms with Gasteiger partial charge in [0.25, 0.3) is 5.91 Å². The predicted octanol–water partition coefficient (Wildman–Crippen LogP) is 5.68. The van der Waals surface area contributed by atoms with Gasteiger partial charge in [-0.05, 0) is 73.9 Å². The molecule has 0 aliphatic heterocycles. The topological polar surface area (TPSA) is 209 Å². The number of hydrogen-bond acceptors (Lipinski definition) is 12. The van der Waals surface area contributed by atoms with E-state index in [1.165, 1.54) is 35.6 Å². The Labute approximate surface area is 325 Å². The second kappa shape index (κ2) is 16.6. The Bertz CT molecular complexity index is 2250. The molecule has 3 amide bonds. The number of nitrogens with zero attached hydrogens (tertiary/aromatic N) is 4. The van der Waals surface area contributed by atoms with Crippen molar-refractivity contribution in [2.45, 2.75) is 37.5 Å². The summed E-state index contributed by atoms with van der Waals surface area (Å²) in [6.07, 6.45) is -3.26. The van der Waals surface area contributed by atoms with Crippen LogP contribution in [-0.2, 0) is 19.9 Å². The Morgan fingerprint density at radius 2 is 1.64 bits per heavy atom. The molecule has 1 saturated carbocycles. The second-order valence-electron chi connectivity index (χ2n) is 12.4.